The van der Waals surface area contributed by atoms with Crippen molar-refractivity contribution in [3.05, 3.63) is 29.8 Å². The molecule has 0 bridgehead atoms. The fraction of sp³-hybridized carbons (Fsp3) is 0.273. The molecule has 0 aliphatic carbocycles. The molecule has 0 aliphatic rings. The maximum atomic E-state index is 13.2. The molecule has 0 saturated carbocycles. The Balaban J connectivity index is 2.41. The average Bonchev–Trinajstić information content (AvgIpc) is 2.32. The van der Waals surface area contributed by atoms with Crippen molar-refractivity contribution in [2.75, 3.05) is 16.8 Å². The van der Waals surface area contributed by atoms with E-state index in [1.165, 1.54) is 0 Å². The number of anilines is 1. The molecular weight excluding hydrogens is 278 g/mol. The second kappa shape index (κ2) is 7.05. The summed E-state index contributed by atoms with van der Waals surface area (Å²) >= 11 is 1.01. The molecule has 1 rings (SSSR count). The van der Waals surface area contributed by atoms with Crippen molar-refractivity contribution in [2.24, 2.45) is 5.73 Å². The van der Waals surface area contributed by atoms with E-state index in [1.54, 1.807) is 0 Å². The molecule has 0 saturated heterocycles. The zero-order valence-electron chi connectivity index (χ0n) is 9.73. The SMILES string of the molecule is NC(CSCC(=O)Nc1ccc(F)cc1F)C(=O)O. The van der Waals surface area contributed by atoms with Gasteiger partial charge in [0, 0.05) is 11.8 Å². The molecule has 0 heterocycles. The lowest BCUT2D eigenvalue weighted by Crippen LogP contribution is -2.33. The number of rotatable bonds is 6. The van der Waals surface area contributed by atoms with Crippen LogP contribution in [0.5, 0.6) is 0 Å². The Bertz CT molecular complexity index is 485. The minimum atomic E-state index is -1.16. The predicted molar refractivity (Wildman–Crippen MR) is 67.9 cm³/mol. The largest absolute Gasteiger partial charge is 0.480 e. The number of nitrogens with one attached hydrogen (secondary N) is 1. The van der Waals surface area contributed by atoms with Crippen LogP contribution in [-0.2, 0) is 9.59 Å². The second-order valence-electron chi connectivity index (χ2n) is 3.63. The molecule has 1 amide bonds. The van der Waals surface area contributed by atoms with Crippen LogP contribution in [0, 0.1) is 11.6 Å². The van der Waals surface area contributed by atoms with Crippen LogP contribution >= 0.6 is 11.8 Å². The van der Waals surface area contributed by atoms with Gasteiger partial charge in [0.2, 0.25) is 5.91 Å². The van der Waals surface area contributed by atoms with Crippen molar-refractivity contribution in [1.82, 2.24) is 0 Å². The Kier molecular flexibility index (Phi) is 5.71. The summed E-state index contributed by atoms with van der Waals surface area (Å²) in [7, 11) is 0. The summed E-state index contributed by atoms with van der Waals surface area (Å²) in [5.74, 6) is -3.30. The van der Waals surface area contributed by atoms with E-state index in [0.29, 0.717) is 6.07 Å². The molecule has 0 spiro atoms. The van der Waals surface area contributed by atoms with Crippen LogP contribution in [0.3, 0.4) is 0 Å². The first-order valence-corrected chi connectivity index (χ1v) is 6.36. The zero-order valence-corrected chi connectivity index (χ0v) is 10.5. The van der Waals surface area contributed by atoms with Gasteiger partial charge in [0.15, 0.2) is 0 Å². The van der Waals surface area contributed by atoms with Gasteiger partial charge in [-0.1, -0.05) is 0 Å². The summed E-state index contributed by atoms with van der Waals surface area (Å²) in [5.41, 5.74) is 5.11. The lowest BCUT2D eigenvalue weighted by atomic mass is 10.3. The number of aliphatic carboxylic acids is 1. The molecule has 19 heavy (non-hydrogen) atoms. The third-order valence-corrected chi connectivity index (χ3v) is 3.11. The molecule has 0 aromatic heterocycles. The van der Waals surface area contributed by atoms with Gasteiger partial charge in [-0.15, -0.1) is 11.8 Å². The van der Waals surface area contributed by atoms with Crippen LogP contribution in [0.25, 0.3) is 0 Å². The molecule has 1 atom stereocenters. The summed E-state index contributed by atoms with van der Waals surface area (Å²) in [6.07, 6.45) is 0. The molecular formula is C11H12F2N2O3S. The minimum Gasteiger partial charge on any atom is -0.480 e. The Morgan fingerprint density at radius 1 is 1.42 bits per heavy atom. The maximum absolute atomic E-state index is 13.2. The molecule has 0 radical (unpaired) electrons. The molecule has 104 valence electrons. The first kappa shape index (κ1) is 15.4. The van der Waals surface area contributed by atoms with Gasteiger partial charge in [-0.05, 0) is 12.1 Å². The van der Waals surface area contributed by atoms with Gasteiger partial charge in [-0.25, -0.2) is 8.78 Å². The van der Waals surface area contributed by atoms with Crippen molar-refractivity contribution in [3.8, 4) is 0 Å². The number of hydrogen-bond donors (Lipinski definition) is 3. The van der Waals surface area contributed by atoms with Gasteiger partial charge in [0.25, 0.3) is 0 Å². The summed E-state index contributed by atoms with van der Waals surface area (Å²) in [6.45, 7) is 0. The van der Waals surface area contributed by atoms with Crippen LogP contribution in [0.4, 0.5) is 14.5 Å². The highest BCUT2D eigenvalue weighted by Gasteiger charge is 2.13. The van der Waals surface area contributed by atoms with E-state index < -0.39 is 29.6 Å². The van der Waals surface area contributed by atoms with E-state index in [0.717, 1.165) is 23.9 Å². The number of carboxylic acid groups (broad SMARTS) is 1. The quantitative estimate of drug-likeness (QED) is 0.728. The molecule has 5 nitrogen and oxygen atoms in total. The smallest absolute Gasteiger partial charge is 0.321 e. The first-order valence-electron chi connectivity index (χ1n) is 5.21. The van der Waals surface area contributed by atoms with Gasteiger partial charge in [0.1, 0.15) is 17.7 Å². The number of amides is 1. The van der Waals surface area contributed by atoms with E-state index in [4.69, 9.17) is 10.8 Å². The van der Waals surface area contributed by atoms with Crippen molar-refractivity contribution in [2.45, 2.75) is 6.04 Å². The standard InChI is InChI=1S/C11H12F2N2O3S/c12-6-1-2-9(7(13)3-6)15-10(16)5-19-4-8(14)11(17)18/h1-3,8H,4-5,14H2,(H,15,16)(H,17,18). The fourth-order valence-corrected chi connectivity index (χ4v) is 1.90. The number of hydrogen-bond acceptors (Lipinski definition) is 4. The maximum Gasteiger partial charge on any atom is 0.321 e. The van der Waals surface area contributed by atoms with Gasteiger partial charge in [-0.2, -0.15) is 0 Å². The molecule has 1 aromatic carbocycles. The van der Waals surface area contributed by atoms with Crippen LogP contribution in [0.15, 0.2) is 18.2 Å². The third kappa shape index (κ3) is 5.23. The highest BCUT2D eigenvalue weighted by molar-refractivity contribution is 8.00. The van der Waals surface area contributed by atoms with Crippen molar-refractivity contribution in [3.63, 3.8) is 0 Å². The number of benzene rings is 1. The van der Waals surface area contributed by atoms with Crippen LogP contribution in [0.2, 0.25) is 0 Å². The lowest BCUT2D eigenvalue weighted by Gasteiger charge is -2.07. The number of halogens is 2. The Labute approximate surface area is 112 Å². The first-order chi connectivity index (χ1) is 8.90. The second-order valence-corrected chi connectivity index (χ2v) is 4.66. The molecule has 1 unspecified atom stereocenters. The number of nitrogens with two attached hydrogens (primary N) is 1. The number of carbonyl (C=O) groups excluding carboxylic acids is 1. The summed E-state index contributed by atoms with van der Waals surface area (Å²) in [5, 5.41) is 10.8. The van der Waals surface area contributed by atoms with Gasteiger partial charge < -0.3 is 16.2 Å². The summed E-state index contributed by atoms with van der Waals surface area (Å²) < 4.78 is 25.8. The van der Waals surface area contributed by atoms with Gasteiger partial charge in [0.05, 0.1) is 11.4 Å². The lowest BCUT2D eigenvalue weighted by molar-refractivity contribution is -0.137. The van der Waals surface area contributed by atoms with Gasteiger partial charge in [-0.3, -0.25) is 9.59 Å². The predicted octanol–water partition coefficient (Wildman–Crippen LogP) is 1.05. The van der Waals surface area contributed by atoms with Crippen molar-refractivity contribution < 1.29 is 23.5 Å². The van der Waals surface area contributed by atoms with E-state index in [1.807, 2.05) is 0 Å². The van der Waals surface area contributed by atoms with Gasteiger partial charge >= 0.3 is 5.97 Å². The van der Waals surface area contributed by atoms with Crippen LogP contribution in [-0.4, -0.2) is 34.5 Å². The van der Waals surface area contributed by atoms with E-state index >= 15 is 0 Å². The molecule has 8 heteroatoms. The number of thioether (sulfide) groups is 1. The Hall–Kier alpha value is -1.67. The Morgan fingerprint density at radius 3 is 2.68 bits per heavy atom. The summed E-state index contributed by atoms with van der Waals surface area (Å²) in [6, 6.07) is 1.73. The van der Waals surface area contributed by atoms with E-state index in [2.05, 4.69) is 5.32 Å². The highest BCUT2D eigenvalue weighted by Crippen LogP contribution is 2.15. The van der Waals surface area contributed by atoms with Crippen molar-refractivity contribution in [1.29, 1.82) is 0 Å². The van der Waals surface area contributed by atoms with E-state index in [-0.39, 0.29) is 17.2 Å². The van der Waals surface area contributed by atoms with Crippen LogP contribution in [0.1, 0.15) is 0 Å². The number of carbonyl (C=O) groups is 2. The zero-order chi connectivity index (χ0) is 14.4. The molecule has 1 aromatic rings. The fourth-order valence-electron chi connectivity index (χ4n) is 1.13. The normalized spacial score (nSPS) is 11.9. The Morgan fingerprint density at radius 2 is 2.11 bits per heavy atom. The minimum absolute atomic E-state index is 0.0641. The topological polar surface area (TPSA) is 92.4 Å². The monoisotopic (exact) mass is 290 g/mol. The average molecular weight is 290 g/mol. The van der Waals surface area contributed by atoms with E-state index in [9.17, 15) is 18.4 Å². The third-order valence-electron chi connectivity index (χ3n) is 2.05. The molecule has 0 fully saturated rings. The molecule has 4 N–H and O–H groups in total. The highest BCUT2D eigenvalue weighted by atomic mass is 32.2. The van der Waals surface area contributed by atoms with Crippen LogP contribution < -0.4 is 11.1 Å². The summed E-state index contributed by atoms with van der Waals surface area (Å²) in [4.78, 5) is 21.8. The van der Waals surface area contributed by atoms with Crippen molar-refractivity contribution >= 4 is 29.3 Å². The number of carboxylic acids is 1. The molecule has 0 aliphatic heterocycles.